The molecule has 0 bridgehead atoms. The smallest absolute Gasteiger partial charge is 0.193 e. The van der Waals surface area contributed by atoms with Crippen LogP contribution in [-0.2, 0) is 11.2 Å². The summed E-state index contributed by atoms with van der Waals surface area (Å²) in [5, 5.41) is 50.9. The number of phenolic OH excluding ortho intramolecular Hbond substituents is 1. The maximum Gasteiger partial charge on any atom is 0.193 e. The minimum Gasteiger partial charge on any atom is -0.507 e. The lowest BCUT2D eigenvalue weighted by atomic mass is 9.89. The lowest BCUT2D eigenvalue weighted by Gasteiger charge is -2.40. The lowest BCUT2D eigenvalue weighted by molar-refractivity contribution is -0.231. The number of benzene rings is 1. The lowest BCUT2D eigenvalue weighted by Crippen LogP contribution is -2.55. The van der Waals surface area contributed by atoms with Crippen molar-refractivity contribution in [3.8, 4) is 5.75 Å². The van der Waals surface area contributed by atoms with Gasteiger partial charge < -0.3 is 34.7 Å². The van der Waals surface area contributed by atoms with Crippen LogP contribution in [-0.4, -0.2) is 69.3 Å². The number of aryl methyl sites for hydroxylation is 1. The maximum atomic E-state index is 12.7. The van der Waals surface area contributed by atoms with Gasteiger partial charge in [0.2, 0.25) is 0 Å². The first-order chi connectivity index (χ1) is 13.7. The summed E-state index contributed by atoms with van der Waals surface area (Å²) in [4.78, 5) is 16.8. The van der Waals surface area contributed by atoms with E-state index in [0.717, 1.165) is 5.71 Å². The van der Waals surface area contributed by atoms with Gasteiger partial charge in [0.05, 0.1) is 17.6 Å². The van der Waals surface area contributed by atoms with Crippen molar-refractivity contribution >= 4 is 16.7 Å². The summed E-state index contributed by atoms with van der Waals surface area (Å²) in [5.41, 5.74) is 0.824. The van der Waals surface area contributed by atoms with Gasteiger partial charge in [-0.1, -0.05) is 0 Å². The number of hydrogen-bond donors (Lipinski definition) is 5. The fourth-order valence-corrected chi connectivity index (χ4v) is 3.61. The SMILES string of the molecule is C/N=C(/C)Cc1cc(=O)c2c(C)cc(O)c(C3OC(CO)C(O)C(O)C3O)c2o1. The topological polar surface area (TPSA) is 153 Å². The van der Waals surface area contributed by atoms with E-state index in [2.05, 4.69) is 4.99 Å². The molecule has 5 atom stereocenters. The van der Waals surface area contributed by atoms with Gasteiger partial charge in [0, 0.05) is 25.2 Å². The second-order valence-corrected chi connectivity index (χ2v) is 7.29. The molecule has 1 aliphatic rings. The van der Waals surface area contributed by atoms with E-state index in [1.165, 1.54) is 12.1 Å². The Kier molecular flexibility index (Phi) is 6.06. The predicted octanol–water partition coefficient (Wildman–Crippen LogP) is -0.0449. The Morgan fingerprint density at radius 1 is 1.17 bits per heavy atom. The molecule has 0 saturated carbocycles. The Hall–Kier alpha value is -2.30. The van der Waals surface area contributed by atoms with Gasteiger partial charge in [-0.25, -0.2) is 0 Å². The molecule has 5 N–H and O–H groups in total. The van der Waals surface area contributed by atoms with Crippen LogP contribution in [0.2, 0.25) is 0 Å². The Balaban J connectivity index is 2.25. The van der Waals surface area contributed by atoms with Crippen molar-refractivity contribution in [2.45, 2.75) is 50.8 Å². The number of aliphatic hydroxyl groups is 4. The first-order valence-corrected chi connectivity index (χ1v) is 9.21. The predicted molar refractivity (Wildman–Crippen MR) is 104 cm³/mol. The van der Waals surface area contributed by atoms with Crippen LogP contribution in [0.4, 0.5) is 0 Å². The molecule has 0 spiro atoms. The fourth-order valence-electron chi connectivity index (χ4n) is 3.61. The first kappa shape index (κ1) is 21.4. The summed E-state index contributed by atoms with van der Waals surface area (Å²) >= 11 is 0. The summed E-state index contributed by atoms with van der Waals surface area (Å²) in [6, 6.07) is 2.69. The van der Waals surface area contributed by atoms with E-state index in [-0.39, 0.29) is 34.1 Å². The molecular formula is C20H25NO8. The molecule has 3 rings (SSSR count). The Bertz CT molecular complexity index is 996. The van der Waals surface area contributed by atoms with E-state index in [9.17, 15) is 30.3 Å². The fraction of sp³-hybridized carbons (Fsp3) is 0.500. The molecule has 9 heteroatoms. The average Bonchev–Trinajstić information content (AvgIpc) is 2.67. The third-order valence-electron chi connectivity index (χ3n) is 5.26. The second kappa shape index (κ2) is 8.21. The zero-order valence-electron chi connectivity index (χ0n) is 16.4. The molecule has 0 radical (unpaired) electrons. The average molecular weight is 407 g/mol. The minimum atomic E-state index is -1.63. The van der Waals surface area contributed by atoms with E-state index in [4.69, 9.17) is 9.15 Å². The molecule has 2 aromatic rings. The highest BCUT2D eigenvalue weighted by molar-refractivity contribution is 5.87. The van der Waals surface area contributed by atoms with Crippen molar-refractivity contribution in [1.82, 2.24) is 0 Å². The molecule has 158 valence electrons. The molecular weight excluding hydrogens is 382 g/mol. The molecule has 1 saturated heterocycles. The zero-order valence-corrected chi connectivity index (χ0v) is 16.4. The molecule has 0 amide bonds. The summed E-state index contributed by atoms with van der Waals surface area (Å²) in [6.45, 7) is 2.79. The number of aromatic hydroxyl groups is 1. The molecule has 1 aliphatic heterocycles. The number of ether oxygens (including phenoxy) is 1. The largest absolute Gasteiger partial charge is 0.507 e. The monoisotopic (exact) mass is 407 g/mol. The molecule has 29 heavy (non-hydrogen) atoms. The normalized spacial score (nSPS) is 28.1. The number of fused-ring (bicyclic) bond motifs is 1. The third-order valence-corrected chi connectivity index (χ3v) is 5.26. The van der Waals surface area contributed by atoms with Crippen molar-refractivity contribution < 1.29 is 34.7 Å². The van der Waals surface area contributed by atoms with Crippen LogP contribution in [0.1, 0.15) is 29.9 Å². The summed E-state index contributed by atoms with van der Waals surface area (Å²) < 4.78 is 11.5. The standard InChI is InChI=1S/C20H25NO8/c1-8-4-11(23)15(20-18(27)17(26)16(25)13(7-22)29-20)19-14(8)12(24)6-10(28-19)5-9(2)21-3/h4,6,13,16-18,20,22-23,25-27H,5,7H2,1-3H3/b21-9-. The molecule has 0 aliphatic carbocycles. The number of aliphatic hydroxyl groups excluding tert-OH is 4. The highest BCUT2D eigenvalue weighted by Crippen LogP contribution is 2.41. The maximum absolute atomic E-state index is 12.7. The Labute approximate surface area is 166 Å². The van der Waals surface area contributed by atoms with Gasteiger partial charge in [-0.2, -0.15) is 0 Å². The van der Waals surface area contributed by atoms with Crippen LogP contribution >= 0.6 is 0 Å². The van der Waals surface area contributed by atoms with Gasteiger partial charge in [-0.05, 0) is 25.5 Å². The molecule has 5 unspecified atom stereocenters. The molecule has 1 fully saturated rings. The van der Waals surface area contributed by atoms with Gasteiger partial charge in [-0.15, -0.1) is 0 Å². The number of rotatable bonds is 4. The third kappa shape index (κ3) is 3.79. The quantitative estimate of drug-likeness (QED) is 0.443. The van der Waals surface area contributed by atoms with Gasteiger partial charge in [0.15, 0.2) is 5.43 Å². The molecule has 1 aromatic heterocycles. The molecule has 2 heterocycles. The van der Waals surface area contributed by atoms with Gasteiger partial charge in [-0.3, -0.25) is 9.79 Å². The van der Waals surface area contributed by atoms with Crippen molar-refractivity contribution in [2.24, 2.45) is 4.99 Å². The Morgan fingerprint density at radius 3 is 2.48 bits per heavy atom. The number of nitrogens with zero attached hydrogens (tertiary/aromatic N) is 1. The van der Waals surface area contributed by atoms with Crippen molar-refractivity contribution in [2.75, 3.05) is 13.7 Å². The van der Waals surface area contributed by atoms with Gasteiger partial charge in [0.25, 0.3) is 0 Å². The van der Waals surface area contributed by atoms with E-state index in [0.29, 0.717) is 11.3 Å². The van der Waals surface area contributed by atoms with E-state index >= 15 is 0 Å². The highest BCUT2D eigenvalue weighted by atomic mass is 16.5. The number of phenols is 1. The zero-order chi connectivity index (χ0) is 21.5. The van der Waals surface area contributed by atoms with Crippen molar-refractivity contribution in [3.63, 3.8) is 0 Å². The molecule has 1 aromatic carbocycles. The van der Waals surface area contributed by atoms with E-state index < -0.39 is 37.1 Å². The van der Waals surface area contributed by atoms with E-state index in [1.54, 1.807) is 20.9 Å². The van der Waals surface area contributed by atoms with Gasteiger partial charge in [0.1, 0.15) is 47.6 Å². The highest BCUT2D eigenvalue weighted by Gasteiger charge is 2.45. The van der Waals surface area contributed by atoms with Crippen LogP contribution in [0.5, 0.6) is 5.75 Å². The van der Waals surface area contributed by atoms with Crippen molar-refractivity contribution in [1.29, 1.82) is 0 Å². The van der Waals surface area contributed by atoms with Crippen LogP contribution in [0.3, 0.4) is 0 Å². The Morgan fingerprint density at radius 2 is 1.86 bits per heavy atom. The molecule has 9 nitrogen and oxygen atoms in total. The van der Waals surface area contributed by atoms with E-state index in [1.807, 2.05) is 0 Å². The summed E-state index contributed by atoms with van der Waals surface area (Å²) in [5.74, 6) is 0.00181. The van der Waals surface area contributed by atoms with Crippen molar-refractivity contribution in [3.05, 3.63) is 39.2 Å². The van der Waals surface area contributed by atoms with Gasteiger partial charge >= 0.3 is 0 Å². The number of aliphatic imine (C=N–C) groups is 1. The second-order valence-electron chi connectivity index (χ2n) is 7.29. The minimum absolute atomic E-state index is 0.0123. The number of hydrogen-bond acceptors (Lipinski definition) is 9. The summed E-state index contributed by atoms with van der Waals surface area (Å²) in [7, 11) is 1.61. The van der Waals surface area contributed by atoms with Crippen LogP contribution in [0.15, 0.2) is 26.3 Å². The first-order valence-electron chi connectivity index (χ1n) is 9.21. The van der Waals surface area contributed by atoms with Crippen LogP contribution in [0, 0.1) is 6.92 Å². The van der Waals surface area contributed by atoms with Crippen LogP contribution in [0.25, 0.3) is 11.0 Å². The summed E-state index contributed by atoms with van der Waals surface area (Å²) in [6.07, 6.45) is -7.05. The van der Waals surface area contributed by atoms with Crippen LogP contribution < -0.4 is 5.43 Å².